The molecule has 3 N–H and O–H groups in total. The second kappa shape index (κ2) is 9.54. The first-order valence-electron chi connectivity index (χ1n) is 10.6. The van der Waals surface area contributed by atoms with Gasteiger partial charge in [0.1, 0.15) is 29.8 Å². The Kier molecular flexibility index (Phi) is 6.46. The molecule has 15 heteroatoms. The van der Waals surface area contributed by atoms with E-state index in [-0.39, 0.29) is 28.3 Å². The number of nitrogens with zero attached hydrogens (tertiary/aromatic N) is 5. The van der Waals surface area contributed by atoms with Crippen LogP contribution in [0.15, 0.2) is 40.3 Å². The number of rotatable bonds is 8. The molecule has 0 spiro atoms. The van der Waals surface area contributed by atoms with Gasteiger partial charge in [0.05, 0.1) is 17.9 Å². The maximum Gasteiger partial charge on any atom is 0.276 e. The van der Waals surface area contributed by atoms with Crippen LogP contribution in [0, 0.1) is 0 Å². The summed E-state index contributed by atoms with van der Waals surface area (Å²) in [7, 11) is 1.83. The van der Waals surface area contributed by atoms with E-state index >= 15 is 0 Å². The minimum atomic E-state index is -1.43. The lowest BCUT2D eigenvalue weighted by Gasteiger charge is -2.50. The summed E-state index contributed by atoms with van der Waals surface area (Å²) in [5.74, 6) is -0.691. The Balaban J connectivity index is 1.34. The molecule has 3 aliphatic heterocycles. The number of thiazole rings is 1. The van der Waals surface area contributed by atoms with Crippen LogP contribution >= 0.6 is 34.9 Å². The highest BCUT2D eigenvalue weighted by Gasteiger charge is 2.53. The normalized spacial score (nSPS) is 22.4. The van der Waals surface area contributed by atoms with Crippen LogP contribution in [0.25, 0.3) is 0 Å². The van der Waals surface area contributed by atoms with Gasteiger partial charge in [0.2, 0.25) is 0 Å². The van der Waals surface area contributed by atoms with Gasteiger partial charge in [-0.15, -0.1) is 27.8 Å². The molecule has 35 heavy (non-hydrogen) atoms. The van der Waals surface area contributed by atoms with E-state index in [1.54, 1.807) is 17.1 Å². The van der Waals surface area contributed by atoms with Crippen molar-refractivity contribution in [2.24, 2.45) is 12.2 Å². The van der Waals surface area contributed by atoms with Gasteiger partial charge < -0.3 is 25.8 Å². The first kappa shape index (κ1) is 23.7. The minimum absolute atomic E-state index is 0.0848. The number of aliphatic carboxylic acids is 1. The highest BCUT2D eigenvalue weighted by Crippen LogP contribution is 2.40. The quantitative estimate of drug-likeness (QED) is 0.174. The molecule has 2 amide bonds. The second-order valence-corrected chi connectivity index (χ2v) is 11.1. The van der Waals surface area contributed by atoms with E-state index in [0.29, 0.717) is 17.9 Å². The molecule has 12 nitrogen and oxygen atoms in total. The zero-order valence-corrected chi connectivity index (χ0v) is 20.9. The number of carbonyl (C=O) groups excluding carboxylic acids is 3. The van der Waals surface area contributed by atoms with Crippen LogP contribution < -0.4 is 20.8 Å². The molecule has 2 fully saturated rings. The van der Waals surface area contributed by atoms with Crippen LogP contribution in [-0.4, -0.2) is 72.8 Å². The first-order chi connectivity index (χ1) is 16.8. The molecule has 5 heterocycles. The van der Waals surface area contributed by atoms with Crippen molar-refractivity contribution in [1.29, 1.82) is 0 Å². The Morgan fingerprint density at radius 1 is 1.43 bits per heavy atom. The summed E-state index contributed by atoms with van der Waals surface area (Å²) in [6, 6.07) is 0.910. The Labute approximate surface area is 212 Å². The largest absolute Gasteiger partial charge is 0.543 e. The third-order valence-electron chi connectivity index (χ3n) is 5.73. The van der Waals surface area contributed by atoms with E-state index in [4.69, 9.17) is 10.6 Å². The molecule has 0 aromatic carbocycles. The topological polar surface area (TPSA) is 159 Å². The highest BCUT2D eigenvalue weighted by atomic mass is 32.2. The summed E-state index contributed by atoms with van der Waals surface area (Å²) in [5, 5.41) is 19.9. The van der Waals surface area contributed by atoms with Gasteiger partial charge in [-0.25, -0.2) is 4.98 Å². The Morgan fingerprint density at radius 2 is 2.23 bits per heavy atom. The number of β-lactam (4-membered cyclic amide) rings is 1. The predicted molar refractivity (Wildman–Crippen MR) is 128 cm³/mol. The summed E-state index contributed by atoms with van der Waals surface area (Å²) < 4.78 is 3.64. The van der Waals surface area contributed by atoms with Gasteiger partial charge in [0.15, 0.2) is 24.1 Å². The van der Waals surface area contributed by atoms with Crippen molar-refractivity contribution < 1.29 is 29.0 Å². The van der Waals surface area contributed by atoms with Crippen LogP contribution in [0.3, 0.4) is 0 Å². The van der Waals surface area contributed by atoms with Gasteiger partial charge in [0.25, 0.3) is 11.8 Å². The molecule has 0 saturated carbocycles. The second-order valence-electron chi connectivity index (χ2n) is 8.04. The number of aryl methyl sites for hydroxylation is 1. The SMILES string of the molecule is C[n+]1cccn1CC1=C(C(=O)[O-])N2C(=O)[C@@H](NC(=O)C(=NOC3CSC3)c3csc(N)n3)[C@H]2SC1. The van der Waals surface area contributed by atoms with E-state index in [1.807, 2.05) is 34.9 Å². The van der Waals surface area contributed by atoms with Crippen molar-refractivity contribution in [2.45, 2.75) is 24.1 Å². The molecule has 3 aliphatic rings. The van der Waals surface area contributed by atoms with Crippen molar-refractivity contribution in [3.05, 3.63) is 40.8 Å². The van der Waals surface area contributed by atoms with E-state index in [1.165, 1.54) is 16.7 Å². The molecular weight excluding hydrogens is 514 g/mol. The van der Waals surface area contributed by atoms with Gasteiger partial charge in [-0.05, 0) is 5.57 Å². The van der Waals surface area contributed by atoms with E-state index < -0.39 is 29.2 Å². The zero-order valence-electron chi connectivity index (χ0n) is 18.4. The number of carboxylic acid groups (broad SMARTS) is 1. The number of nitrogens with one attached hydrogen (secondary N) is 1. The fourth-order valence-corrected chi connectivity index (χ4v) is 6.25. The fourth-order valence-electron chi connectivity index (χ4n) is 3.82. The summed E-state index contributed by atoms with van der Waals surface area (Å²) in [6.07, 6.45) is 3.56. The molecule has 0 unspecified atom stereocenters. The number of thioether (sulfide) groups is 2. The summed E-state index contributed by atoms with van der Waals surface area (Å²) in [5.41, 5.74) is 6.28. The van der Waals surface area contributed by atoms with Crippen LogP contribution in [0.5, 0.6) is 0 Å². The van der Waals surface area contributed by atoms with E-state index in [9.17, 15) is 19.5 Å². The number of carbonyl (C=O) groups is 3. The Hall–Kier alpha value is -3.04. The van der Waals surface area contributed by atoms with Crippen molar-refractivity contribution in [3.8, 4) is 0 Å². The lowest BCUT2D eigenvalue weighted by Crippen LogP contribution is -2.71. The van der Waals surface area contributed by atoms with Crippen molar-refractivity contribution in [3.63, 3.8) is 0 Å². The molecule has 0 bridgehead atoms. The maximum absolute atomic E-state index is 13.1. The third-order valence-corrected chi connectivity index (χ3v) is 8.95. The molecule has 0 aliphatic carbocycles. The highest BCUT2D eigenvalue weighted by molar-refractivity contribution is 8.00. The predicted octanol–water partition coefficient (Wildman–Crippen LogP) is -1.71. The third kappa shape index (κ3) is 4.50. The molecule has 0 radical (unpaired) electrons. The van der Waals surface area contributed by atoms with Crippen LogP contribution in [0.2, 0.25) is 0 Å². The van der Waals surface area contributed by atoms with Gasteiger partial charge >= 0.3 is 0 Å². The van der Waals surface area contributed by atoms with E-state index in [2.05, 4.69) is 15.5 Å². The van der Waals surface area contributed by atoms with Crippen LogP contribution in [0.1, 0.15) is 5.69 Å². The monoisotopic (exact) mass is 535 g/mol. The summed E-state index contributed by atoms with van der Waals surface area (Å²) in [6.45, 7) is 0.298. The van der Waals surface area contributed by atoms with Crippen molar-refractivity contribution >= 4 is 63.5 Å². The molecule has 2 atom stereocenters. The Morgan fingerprint density at radius 3 is 2.83 bits per heavy atom. The average molecular weight is 536 g/mol. The molecule has 2 aromatic heterocycles. The first-order valence-corrected chi connectivity index (χ1v) is 13.6. The number of anilines is 1. The number of nitrogens with two attached hydrogens (primary N) is 1. The number of hydrogen-bond acceptors (Lipinski definition) is 11. The number of fused-ring (bicyclic) bond motifs is 1. The molecular formula is C20H21N7O5S3. The van der Waals surface area contributed by atoms with Gasteiger partial charge in [-0.2, -0.15) is 16.4 Å². The summed E-state index contributed by atoms with van der Waals surface area (Å²) in [4.78, 5) is 48.8. The molecule has 2 saturated heterocycles. The Bertz CT molecular complexity index is 1250. The maximum atomic E-state index is 13.1. The molecule has 5 rings (SSSR count). The smallest absolute Gasteiger partial charge is 0.276 e. The van der Waals surface area contributed by atoms with Crippen molar-refractivity contribution in [2.75, 3.05) is 23.0 Å². The number of nitrogen functional groups attached to an aromatic ring is 1. The van der Waals surface area contributed by atoms with Gasteiger partial charge in [0, 0.05) is 28.7 Å². The molecule has 2 aromatic rings. The van der Waals surface area contributed by atoms with Crippen molar-refractivity contribution in [1.82, 2.24) is 19.9 Å². The standard InChI is InChI=1S/C20H21N7O5S3/c1-25-3-2-4-26(25)5-10-6-34-18-14(17(29)27(18)15(10)19(30)31)23-16(28)13(12-9-35-20(21)22-12)24-32-11-7-33-8-11/h2-4,9,11,14,18H,5-8H2,1H3,(H3-,21,22,23,28,30,31)/t14-,18-/m1/s1. The number of hydrogen-bond donors (Lipinski definition) is 2. The number of amides is 2. The number of aromatic nitrogens is 3. The number of carboxylic acids is 1. The van der Waals surface area contributed by atoms with E-state index in [0.717, 1.165) is 22.8 Å². The lowest BCUT2D eigenvalue weighted by atomic mass is 10.0. The van der Waals surface area contributed by atoms with Crippen LogP contribution in [0.4, 0.5) is 5.13 Å². The number of oxime groups is 1. The lowest BCUT2D eigenvalue weighted by molar-refractivity contribution is -0.752. The van der Waals surface area contributed by atoms with Crippen LogP contribution in [-0.2, 0) is 32.8 Å². The average Bonchev–Trinajstić information content (AvgIpc) is 3.40. The fraction of sp³-hybridized carbons (Fsp3) is 0.400. The van der Waals surface area contributed by atoms with Gasteiger partial charge in [-0.1, -0.05) is 5.16 Å². The minimum Gasteiger partial charge on any atom is -0.543 e. The molecule has 184 valence electrons. The zero-order chi connectivity index (χ0) is 24.7. The van der Waals surface area contributed by atoms with Gasteiger partial charge in [-0.3, -0.25) is 14.5 Å². The summed E-state index contributed by atoms with van der Waals surface area (Å²) >= 11 is 4.23.